The van der Waals surface area contributed by atoms with Crippen LogP contribution in [0.25, 0.3) is 0 Å². The van der Waals surface area contributed by atoms with E-state index in [1.54, 1.807) is 13.1 Å². The molecule has 3 heteroatoms. The Kier molecular flexibility index (Phi) is 2.77. The molecule has 0 amide bonds. The molecule has 2 rings (SSSR count). The highest BCUT2D eigenvalue weighted by Crippen LogP contribution is 2.43. The normalized spacial score (nSPS) is 22.9. The van der Waals surface area contributed by atoms with Crippen molar-refractivity contribution < 1.29 is 5.11 Å². The zero-order chi connectivity index (χ0) is 12.8. The molecule has 1 heterocycles. The number of aromatic nitrogens is 2. The van der Waals surface area contributed by atoms with Gasteiger partial charge in [-0.1, -0.05) is 27.7 Å². The van der Waals surface area contributed by atoms with Gasteiger partial charge in [-0.2, -0.15) is 0 Å². The molecule has 1 atom stereocenters. The maximum atomic E-state index is 9.62. The van der Waals surface area contributed by atoms with Crippen molar-refractivity contribution >= 4 is 0 Å². The van der Waals surface area contributed by atoms with Crippen LogP contribution in [0, 0.1) is 0 Å². The van der Waals surface area contributed by atoms with Gasteiger partial charge in [0.05, 0.1) is 29.4 Å². The first kappa shape index (κ1) is 12.5. The number of aliphatic hydroxyl groups is 1. The lowest BCUT2D eigenvalue weighted by atomic mass is 9.67. The van der Waals surface area contributed by atoms with E-state index in [1.165, 1.54) is 0 Å². The van der Waals surface area contributed by atoms with Gasteiger partial charge in [0.25, 0.3) is 0 Å². The van der Waals surface area contributed by atoms with Crippen molar-refractivity contribution in [1.29, 1.82) is 0 Å². The molecule has 94 valence electrons. The smallest absolute Gasteiger partial charge is 0.0947 e. The van der Waals surface area contributed by atoms with Crippen LogP contribution in [0.5, 0.6) is 0 Å². The second kappa shape index (κ2) is 3.77. The molecular formula is C14H22N2O. The third-order valence-electron chi connectivity index (χ3n) is 3.88. The first-order chi connectivity index (χ1) is 7.74. The summed E-state index contributed by atoms with van der Waals surface area (Å²) < 4.78 is 0. The molecule has 0 saturated carbocycles. The van der Waals surface area contributed by atoms with Gasteiger partial charge in [-0.05, 0) is 19.8 Å². The molecular weight excluding hydrogens is 212 g/mol. The molecule has 0 bridgehead atoms. The van der Waals surface area contributed by atoms with E-state index in [-0.39, 0.29) is 10.8 Å². The Labute approximate surface area is 103 Å². The van der Waals surface area contributed by atoms with Gasteiger partial charge in [0.2, 0.25) is 0 Å². The molecule has 0 fully saturated rings. The molecule has 3 nitrogen and oxygen atoms in total. The van der Waals surface area contributed by atoms with Crippen molar-refractivity contribution in [3.63, 3.8) is 0 Å². The first-order valence-electron chi connectivity index (χ1n) is 6.30. The Morgan fingerprint density at radius 2 is 1.65 bits per heavy atom. The number of rotatable bonds is 1. The molecule has 1 aromatic rings. The van der Waals surface area contributed by atoms with E-state index in [4.69, 9.17) is 0 Å². The Morgan fingerprint density at radius 3 is 2.18 bits per heavy atom. The van der Waals surface area contributed by atoms with E-state index >= 15 is 0 Å². The molecule has 1 N–H and O–H groups in total. The summed E-state index contributed by atoms with van der Waals surface area (Å²) in [4.78, 5) is 9.22. The third kappa shape index (κ3) is 2.08. The predicted octanol–water partition coefficient (Wildman–Crippen LogP) is 2.88. The van der Waals surface area contributed by atoms with E-state index < -0.39 is 6.10 Å². The largest absolute Gasteiger partial charge is 0.387 e. The molecule has 1 aliphatic carbocycles. The maximum absolute atomic E-state index is 9.62. The minimum absolute atomic E-state index is 0.0583. The van der Waals surface area contributed by atoms with Gasteiger partial charge < -0.3 is 5.11 Å². The number of hydrogen-bond donors (Lipinski definition) is 1. The molecule has 0 aliphatic heterocycles. The van der Waals surface area contributed by atoms with Gasteiger partial charge in [0, 0.05) is 10.8 Å². The average Bonchev–Trinajstić information content (AvgIpc) is 2.24. The highest BCUT2D eigenvalue weighted by molar-refractivity contribution is 5.31. The SMILES string of the molecule is CC(O)c1cnc2c(n1)C(C)(C)CCC2(C)C. The number of nitrogens with zero attached hydrogens (tertiary/aromatic N) is 2. The second-order valence-corrected chi connectivity index (χ2v) is 6.44. The Morgan fingerprint density at radius 1 is 1.12 bits per heavy atom. The highest BCUT2D eigenvalue weighted by atomic mass is 16.3. The van der Waals surface area contributed by atoms with Crippen LogP contribution in [-0.2, 0) is 10.8 Å². The highest BCUT2D eigenvalue weighted by Gasteiger charge is 2.39. The quantitative estimate of drug-likeness (QED) is 0.812. The first-order valence-corrected chi connectivity index (χ1v) is 6.30. The summed E-state index contributed by atoms with van der Waals surface area (Å²) >= 11 is 0. The van der Waals surface area contributed by atoms with Crippen LogP contribution in [0.3, 0.4) is 0 Å². The Balaban J connectivity index is 2.60. The topological polar surface area (TPSA) is 46.0 Å². The summed E-state index contributed by atoms with van der Waals surface area (Å²) in [7, 11) is 0. The van der Waals surface area contributed by atoms with Gasteiger partial charge in [0.15, 0.2) is 0 Å². The van der Waals surface area contributed by atoms with Gasteiger partial charge >= 0.3 is 0 Å². The standard InChI is InChI=1S/C14H22N2O/c1-9(17)10-8-15-11-12(16-10)14(4,5)7-6-13(11,2)3/h8-9,17H,6-7H2,1-5H3. The van der Waals surface area contributed by atoms with E-state index in [0.29, 0.717) is 5.69 Å². The summed E-state index contributed by atoms with van der Waals surface area (Å²) in [5.41, 5.74) is 2.98. The van der Waals surface area contributed by atoms with Crippen LogP contribution in [0.1, 0.15) is 70.6 Å². The van der Waals surface area contributed by atoms with Crippen LogP contribution >= 0.6 is 0 Å². The summed E-state index contributed by atoms with van der Waals surface area (Å²) in [6.45, 7) is 10.6. The average molecular weight is 234 g/mol. The fraction of sp³-hybridized carbons (Fsp3) is 0.714. The van der Waals surface area contributed by atoms with Crippen molar-refractivity contribution in [2.24, 2.45) is 0 Å². The van der Waals surface area contributed by atoms with Crippen molar-refractivity contribution in [2.45, 2.75) is 64.4 Å². The van der Waals surface area contributed by atoms with E-state index in [1.807, 2.05) is 0 Å². The maximum Gasteiger partial charge on any atom is 0.0947 e. The molecule has 17 heavy (non-hydrogen) atoms. The minimum atomic E-state index is -0.548. The number of fused-ring (bicyclic) bond motifs is 1. The molecule has 1 unspecified atom stereocenters. The lowest BCUT2D eigenvalue weighted by Crippen LogP contribution is -2.36. The lowest BCUT2D eigenvalue weighted by molar-refractivity contribution is 0.191. The van der Waals surface area contributed by atoms with Gasteiger partial charge in [-0.3, -0.25) is 9.97 Å². The fourth-order valence-electron chi connectivity index (χ4n) is 2.43. The van der Waals surface area contributed by atoms with Gasteiger partial charge in [0.1, 0.15) is 0 Å². The van der Waals surface area contributed by atoms with Gasteiger partial charge in [-0.25, -0.2) is 0 Å². The van der Waals surface area contributed by atoms with Crippen LogP contribution in [-0.4, -0.2) is 15.1 Å². The summed E-state index contributed by atoms with van der Waals surface area (Å²) in [6, 6.07) is 0. The minimum Gasteiger partial charge on any atom is -0.387 e. The number of hydrogen-bond acceptors (Lipinski definition) is 3. The number of aliphatic hydroxyl groups excluding tert-OH is 1. The third-order valence-corrected chi connectivity index (χ3v) is 3.88. The summed E-state index contributed by atoms with van der Waals surface area (Å²) in [5, 5.41) is 9.62. The molecule has 0 aromatic carbocycles. The Bertz CT molecular complexity index is 436. The molecule has 0 spiro atoms. The van der Waals surface area contributed by atoms with E-state index in [9.17, 15) is 5.11 Å². The van der Waals surface area contributed by atoms with Crippen molar-refractivity contribution in [3.05, 3.63) is 23.3 Å². The van der Waals surface area contributed by atoms with Gasteiger partial charge in [-0.15, -0.1) is 0 Å². The van der Waals surface area contributed by atoms with Crippen molar-refractivity contribution in [1.82, 2.24) is 9.97 Å². The molecule has 0 radical (unpaired) electrons. The zero-order valence-corrected chi connectivity index (χ0v) is 11.4. The monoisotopic (exact) mass is 234 g/mol. The van der Waals surface area contributed by atoms with E-state index in [0.717, 1.165) is 24.2 Å². The Hall–Kier alpha value is -0.960. The van der Waals surface area contributed by atoms with Crippen molar-refractivity contribution in [3.8, 4) is 0 Å². The van der Waals surface area contributed by atoms with Crippen LogP contribution in [0.15, 0.2) is 6.20 Å². The van der Waals surface area contributed by atoms with Crippen LogP contribution in [0.2, 0.25) is 0 Å². The molecule has 1 aliphatic rings. The molecule has 1 aromatic heterocycles. The zero-order valence-electron chi connectivity index (χ0n) is 11.4. The lowest BCUT2D eigenvalue weighted by Gasteiger charge is -2.39. The summed E-state index contributed by atoms with van der Waals surface area (Å²) in [6.07, 6.45) is 3.42. The van der Waals surface area contributed by atoms with Crippen LogP contribution < -0.4 is 0 Å². The fourth-order valence-corrected chi connectivity index (χ4v) is 2.43. The predicted molar refractivity (Wildman–Crippen MR) is 68.0 cm³/mol. The van der Waals surface area contributed by atoms with E-state index in [2.05, 4.69) is 37.7 Å². The molecule has 0 saturated heterocycles. The van der Waals surface area contributed by atoms with Crippen molar-refractivity contribution in [2.75, 3.05) is 0 Å². The summed E-state index contributed by atoms with van der Waals surface area (Å²) in [5.74, 6) is 0. The van der Waals surface area contributed by atoms with Crippen LogP contribution in [0.4, 0.5) is 0 Å². The second-order valence-electron chi connectivity index (χ2n) is 6.44.